The Labute approximate surface area is 108 Å². The molecule has 0 aliphatic carbocycles. The second-order valence-electron chi connectivity index (χ2n) is 3.83. The van der Waals surface area contributed by atoms with Gasteiger partial charge in [-0.25, -0.2) is 4.98 Å². The first kappa shape index (κ1) is 14.8. The molecule has 0 bridgehead atoms. The number of hydrogen-bond donors (Lipinski definition) is 0. The van der Waals surface area contributed by atoms with E-state index in [9.17, 15) is 13.2 Å². The van der Waals surface area contributed by atoms with Gasteiger partial charge in [0, 0.05) is 32.7 Å². The van der Waals surface area contributed by atoms with Crippen LogP contribution in [0.1, 0.15) is 0 Å². The maximum Gasteiger partial charge on any atom is 0.405 e. The van der Waals surface area contributed by atoms with Crippen LogP contribution in [-0.2, 0) is 0 Å². The van der Waals surface area contributed by atoms with E-state index < -0.39 is 12.7 Å². The summed E-state index contributed by atoms with van der Waals surface area (Å²) in [5.41, 5.74) is 0. The zero-order valence-corrected chi connectivity index (χ0v) is 10.8. The molecule has 0 unspecified atom stereocenters. The lowest BCUT2D eigenvalue weighted by atomic mass is 10.4. The molecule has 1 aromatic heterocycles. The van der Waals surface area contributed by atoms with E-state index in [1.807, 2.05) is 0 Å². The summed E-state index contributed by atoms with van der Waals surface area (Å²) in [6.45, 7) is -1.01. The highest BCUT2D eigenvalue weighted by Gasteiger charge is 2.31. The summed E-state index contributed by atoms with van der Waals surface area (Å²) in [6, 6.07) is 1.44. The van der Waals surface area contributed by atoms with Crippen molar-refractivity contribution < 1.29 is 13.2 Å². The fourth-order valence-electron chi connectivity index (χ4n) is 1.32. The van der Waals surface area contributed by atoms with Crippen LogP contribution in [-0.4, -0.2) is 49.2 Å². The monoisotopic (exact) mass is 282 g/mol. The zero-order valence-electron chi connectivity index (χ0n) is 10.1. The molecule has 1 aromatic rings. The maximum absolute atomic E-state index is 12.4. The molecule has 0 N–H and O–H groups in total. The van der Waals surface area contributed by atoms with E-state index in [0.29, 0.717) is 5.95 Å². The third kappa shape index (κ3) is 4.56. The van der Waals surface area contributed by atoms with E-state index in [1.165, 1.54) is 12.3 Å². The Morgan fingerprint density at radius 1 is 1.33 bits per heavy atom. The lowest BCUT2D eigenvalue weighted by molar-refractivity contribution is -0.119. The normalized spacial score (nSPS) is 11.4. The highest BCUT2D eigenvalue weighted by molar-refractivity contribution is 6.18. The Hall–Kier alpha value is -1.24. The topological polar surface area (TPSA) is 32.3 Å². The first-order valence-electron chi connectivity index (χ1n) is 5.21. The number of halogens is 4. The molecule has 0 aliphatic rings. The number of rotatable bonds is 5. The predicted molar refractivity (Wildman–Crippen MR) is 65.3 cm³/mol. The number of nitrogens with zero attached hydrogens (tertiary/aromatic N) is 4. The molecular weight excluding hydrogens is 269 g/mol. The van der Waals surface area contributed by atoms with Crippen molar-refractivity contribution in [2.45, 2.75) is 6.18 Å². The fourth-order valence-corrected chi connectivity index (χ4v) is 1.53. The van der Waals surface area contributed by atoms with Gasteiger partial charge in [-0.05, 0) is 6.07 Å². The number of alkyl halides is 4. The summed E-state index contributed by atoms with van der Waals surface area (Å²) in [5, 5.41) is 0. The van der Waals surface area contributed by atoms with Gasteiger partial charge >= 0.3 is 6.18 Å². The van der Waals surface area contributed by atoms with Crippen molar-refractivity contribution in [1.82, 2.24) is 9.97 Å². The van der Waals surface area contributed by atoms with Crippen molar-refractivity contribution in [3.8, 4) is 0 Å². The third-order valence-corrected chi connectivity index (χ3v) is 2.25. The van der Waals surface area contributed by atoms with Crippen LogP contribution < -0.4 is 9.80 Å². The Morgan fingerprint density at radius 2 is 2.00 bits per heavy atom. The summed E-state index contributed by atoms with van der Waals surface area (Å²) in [4.78, 5) is 10.7. The van der Waals surface area contributed by atoms with Gasteiger partial charge in [0.2, 0.25) is 5.95 Å². The van der Waals surface area contributed by atoms with Gasteiger partial charge in [0.05, 0.1) is 0 Å². The van der Waals surface area contributed by atoms with Crippen molar-refractivity contribution in [3.05, 3.63) is 12.3 Å². The first-order valence-corrected chi connectivity index (χ1v) is 5.75. The second kappa shape index (κ2) is 6.08. The summed E-state index contributed by atoms with van der Waals surface area (Å²) < 4.78 is 37.3. The van der Waals surface area contributed by atoms with Crippen molar-refractivity contribution >= 4 is 23.4 Å². The molecule has 4 nitrogen and oxygen atoms in total. The van der Waals surface area contributed by atoms with Crippen LogP contribution in [0.5, 0.6) is 0 Å². The van der Waals surface area contributed by atoms with Crippen LogP contribution >= 0.6 is 11.6 Å². The van der Waals surface area contributed by atoms with Gasteiger partial charge in [0.1, 0.15) is 12.4 Å². The van der Waals surface area contributed by atoms with Crippen molar-refractivity contribution in [1.29, 1.82) is 0 Å². The highest BCUT2D eigenvalue weighted by atomic mass is 35.5. The molecule has 0 saturated heterocycles. The zero-order chi connectivity index (χ0) is 13.8. The molecule has 0 saturated carbocycles. The Balaban J connectivity index is 2.94. The standard InChI is InChI=1S/C10H14ClF3N4/c1-17(2)9-15-5-3-8(16-9)18(6-4-11)7-10(12,13)14/h3,5H,4,6-7H2,1-2H3. The van der Waals surface area contributed by atoms with Gasteiger partial charge in [0.25, 0.3) is 0 Å². The van der Waals surface area contributed by atoms with E-state index in [-0.39, 0.29) is 18.2 Å². The smallest absolute Gasteiger partial charge is 0.347 e. The maximum atomic E-state index is 12.4. The van der Waals surface area contributed by atoms with Crippen molar-refractivity contribution in [2.24, 2.45) is 0 Å². The minimum atomic E-state index is -4.30. The largest absolute Gasteiger partial charge is 0.405 e. The van der Waals surface area contributed by atoms with Crippen LogP contribution in [0.15, 0.2) is 12.3 Å². The summed E-state index contributed by atoms with van der Waals surface area (Å²) >= 11 is 5.51. The van der Waals surface area contributed by atoms with E-state index in [0.717, 1.165) is 4.90 Å². The molecule has 1 heterocycles. The van der Waals surface area contributed by atoms with Gasteiger partial charge in [-0.1, -0.05) is 0 Å². The Bertz CT molecular complexity index is 384. The number of anilines is 2. The minimum absolute atomic E-state index is 0.0744. The number of hydrogen-bond acceptors (Lipinski definition) is 4. The molecule has 8 heteroatoms. The molecule has 0 atom stereocenters. The van der Waals surface area contributed by atoms with Crippen LogP contribution in [0.4, 0.5) is 24.9 Å². The molecule has 0 amide bonds. The average Bonchev–Trinajstić information content (AvgIpc) is 2.27. The molecule has 18 heavy (non-hydrogen) atoms. The van der Waals surface area contributed by atoms with Crippen molar-refractivity contribution in [2.75, 3.05) is 42.9 Å². The Morgan fingerprint density at radius 3 is 2.50 bits per heavy atom. The van der Waals surface area contributed by atoms with Crippen LogP contribution in [0, 0.1) is 0 Å². The first-order chi connectivity index (χ1) is 8.33. The number of aromatic nitrogens is 2. The molecule has 0 radical (unpaired) electrons. The average molecular weight is 283 g/mol. The van der Waals surface area contributed by atoms with Crippen LogP contribution in [0.3, 0.4) is 0 Å². The van der Waals surface area contributed by atoms with Gasteiger partial charge in [-0.2, -0.15) is 18.2 Å². The quantitative estimate of drug-likeness (QED) is 0.775. The van der Waals surface area contributed by atoms with E-state index in [4.69, 9.17) is 11.6 Å². The van der Waals surface area contributed by atoms with Gasteiger partial charge in [-0.3, -0.25) is 0 Å². The molecular formula is C10H14ClF3N4. The summed E-state index contributed by atoms with van der Waals surface area (Å²) in [5.74, 6) is 0.665. The molecule has 1 rings (SSSR count). The summed E-state index contributed by atoms with van der Waals surface area (Å²) in [6.07, 6.45) is -2.87. The van der Waals surface area contributed by atoms with Crippen LogP contribution in [0.25, 0.3) is 0 Å². The predicted octanol–water partition coefficient (Wildman–Crippen LogP) is 2.15. The third-order valence-electron chi connectivity index (χ3n) is 2.08. The SMILES string of the molecule is CN(C)c1nccc(N(CCCl)CC(F)(F)F)n1. The lowest BCUT2D eigenvalue weighted by Crippen LogP contribution is -2.36. The van der Waals surface area contributed by atoms with Crippen LogP contribution in [0.2, 0.25) is 0 Å². The fraction of sp³-hybridized carbons (Fsp3) is 0.600. The van der Waals surface area contributed by atoms with E-state index >= 15 is 0 Å². The minimum Gasteiger partial charge on any atom is -0.347 e. The molecule has 0 aliphatic heterocycles. The molecule has 0 aromatic carbocycles. The second-order valence-corrected chi connectivity index (χ2v) is 4.21. The highest BCUT2D eigenvalue weighted by Crippen LogP contribution is 2.21. The Kier molecular flexibility index (Phi) is 5.01. The molecule has 102 valence electrons. The van der Waals surface area contributed by atoms with E-state index in [1.54, 1.807) is 19.0 Å². The van der Waals surface area contributed by atoms with E-state index in [2.05, 4.69) is 9.97 Å². The van der Waals surface area contributed by atoms with Gasteiger partial charge in [-0.15, -0.1) is 11.6 Å². The molecule has 0 spiro atoms. The molecule has 0 fully saturated rings. The van der Waals surface area contributed by atoms with Gasteiger partial charge < -0.3 is 9.80 Å². The van der Waals surface area contributed by atoms with Gasteiger partial charge in [0.15, 0.2) is 0 Å². The van der Waals surface area contributed by atoms with Crippen molar-refractivity contribution in [3.63, 3.8) is 0 Å². The summed E-state index contributed by atoms with van der Waals surface area (Å²) in [7, 11) is 3.43. The lowest BCUT2D eigenvalue weighted by Gasteiger charge is -2.24.